The van der Waals surface area contributed by atoms with Gasteiger partial charge < -0.3 is 16.0 Å². The molecule has 1 aliphatic rings. The lowest BCUT2D eigenvalue weighted by Crippen LogP contribution is -2.41. The molecule has 1 fully saturated rings. The summed E-state index contributed by atoms with van der Waals surface area (Å²) < 4.78 is 0. The molecule has 1 rings (SSSR count). The van der Waals surface area contributed by atoms with Crippen molar-refractivity contribution in [1.82, 2.24) is 16.0 Å². The molecule has 0 bridgehead atoms. The molecule has 1 saturated carbocycles. The second kappa shape index (κ2) is 12.8. The van der Waals surface area contributed by atoms with Crippen LogP contribution < -0.4 is 16.0 Å². The fraction of sp³-hybridized carbons (Fsp3) is 0.889. The number of aliphatic imine (C=N–C) groups is 1. The lowest BCUT2D eigenvalue weighted by molar-refractivity contribution is -0.121. The molecule has 0 aliphatic heterocycles. The maximum Gasteiger partial charge on any atom is 0.221 e. The van der Waals surface area contributed by atoms with Crippen LogP contribution in [0.2, 0.25) is 0 Å². The van der Waals surface area contributed by atoms with Gasteiger partial charge in [0, 0.05) is 32.1 Å². The van der Waals surface area contributed by atoms with E-state index in [1.165, 1.54) is 32.1 Å². The zero-order valence-corrected chi connectivity index (χ0v) is 18.2. The molecule has 0 spiro atoms. The maximum atomic E-state index is 11.8. The van der Waals surface area contributed by atoms with Gasteiger partial charge in [-0.05, 0) is 44.9 Å². The van der Waals surface area contributed by atoms with Crippen molar-refractivity contribution in [2.75, 3.05) is 19.6 Å². The first kappa shape index (κ1) is 23.5. The van der Waals surface area contributed by atoms with Crippen LogP contribution in [-0.4, -0.2) is 37.5 Å². The van der Waals surface area contributed by atoms with Crippen molar-refractivity contribution in [3.05, 3.63) is 0 Å². The van der Waals surface area contributed by atoms with E-state index < -0.39 is 0 Å². The predicted octanol–water partition coefficient (Wildman–Crippen LogP) is 3.43. The monoisotopic (exact) mass is 452 g/mol. The minimum absolute atomic E-state index is 0. The smallest absolute Gasteiger partial charge is 0.221 e. The van der Waals surface area contributed by atoms with E-state index in [9.17, 15) is 4.79 Å². The number of rotatable bonds is 9. The Hall–Kier alpha value is -0.530. The van der Waals surface area contributed by atoms with E-state index in [0.29, 0.717) is 18.4 Å². The number of carbonyl (C=O) groups excluding carboxylic acids is 1. The van der Waals surface area contributed by atoms with Gasteiger partial charge in [0.2, 0.25) is 5.91 Å². The van der Waals surface area contributed by atoms with Gasteiger partial charge in [-0.2, -0.15) is 0 Å². The van der Waals surface area contributed by atoms with Crippen molar-refractivity contribution in [3.8, 4) is 0 Å². The zero-order chi connectivity index (χ0) is 17.1. The Kier molecular flexibility index (Phi) is 12.5. The molecule has 1 unspecified atom stereocenters. The summed E-state index contributed by atoms with van der Waals surface area (Å²) in [5.74, 6) is 0.937. The summed E-state index contributed by atoms with van der Waals surface area (Å²) in [5, 5.41) is 9.55. The normalized spacial score (nSPS) is 17.8. The summed E-state index contributed by atoms with van der Waals surface area (Å²) >= 11 is 0. The van der Waals surface area contributed by atoms with Crippen molar-refractivity contribution in [1.29, 1.82) is 0 Å². The Bertz CT molecular complexity index is 381. The molecule has 3 N–H and O–H groups in total. The summed E-state index contributed by atoms with van der Waals surface area (Å²) in [4.78, 5) is 16.6. The Morgan fingerprint density at radius 3 is 2.38 bits per heavy atom. The van der Waals surface area contributed by atoms with Crippen molar-refractivity contribution in [2.45, 2.75) is 78.7 Å². The van der Waals surface area contributed by atoms with E-state index in [0.717, 1.165) is 25.5 Å². The Balaban J connectivity index is 0.00000529. The average Bonchev–Trinajstić information content (AvgIpc) is 3.02. The highest BCUT2D eigenvalue weighted by molar-refractivity contribution is 14.0. The van der Waals surface area contributed by atoms with Crippen molar-refractivity contribution >= 4 is 35.8 Å². The quantitative estimate of drug-likeness (QED) is 0.285. The van der Waals surface area contributed by atoms with E-state index in [4.69, 9.17) is 4.99 Å². The molecule has 1 atom stereocenters. The number of hydrogen-bond donors (Lipinski definition) is 3. The zero-order valence-electron chi connectivity index (χ0n) is 15.9. The first-order valence-electron chi connectivity index (χ1n) is 9.36. The van der Waals surface area contributed by atoms with E-state index in [1.807, 2.05) is 6.92 Å². The molecule has 0 aromatic carbocycles. The maximum absolute atomic E-state index is 11.8. The number of hydrogen-bond acceptors (Lipinski definition) is 2. The molecule has 0 saturated heterocycles. The van der Waals surface area contributed by atoms with E-state index in [-0.39, 0.29) is 35.9 Å². The van der Waals surface area contributed by atoms with Crippen LogP contribution in [0.5, 0.6) is 0 Å². The minimum atomic E-state index is 0. The summed E-state index contributed by atoms with van der Waals surface area (Å²) in [6.07, 6.45) is 7.91. The molecule has 0 aromatic rings. The number of guanidine groups is 1. The first-order chi connectivity index (χ1) is 11.0. The van der Waals surface area contributed by atoms with E-state index in [1.54, 1.807) is 0 Å². The van der Waals surface area contributed by atoms with Gasteiger partial charge in [0.15, 0.2) is 5.96 Å². The van der Waals surface area contributed by atoms with Crippen LogP contribution >= 0.6 is 24.0 Å². The largest absolute Gasteiger partial charge is 0.357 e. The lowest BCUT2D eigenvalue weighted by atomic mass is 9.84. The first-order valence-corrected chi connectivity index (χ1v) is 9.36. The minimum Gasteiger partial charge on any atom is -0.357 e. The third kappa shape index (κ3) is 8.53. The second-order valence-corrected chi connectivity index (χ2v) is 6.81. The molecule has 0 aromatic heterocycles. The summed E-state index contributed by atoms with van der Waals surface area (Å²) in [6, 6.07) is 0.246. The molecule has 0 radical (unpaired) electrons. The number of nitrogens with one attached hydrogen (secondary N) is 3. The topological polar surface area (TPSA) is 65.5 Å². The van der Waals surface area contributed by atoms with Gasteiger partial charge in [0.25, 0.3) is 0 Å². The van der Waals surface area contributed by atoms with Crippen LogP contribution in [-0.2, 0) is 4.79 Å². The van der Waals surface area contributed by atoms with Gasteiger partial charge in [-0.3, -0.25) is 9.79 Å². The van der Waals surface area contributed by atoms with E-state index in [2.05, 4.69) is 36.7 Å². The Labute approximate surface area is 165 Å². The van der Waals surface area contributed by atoms with Gasteiger partial charge in [-0.25, -0.2) is 0 Å². The highest BCUT2D eigenvalue weighted by Gasteiger charge is 2.31. The standard InChI is InChI=1S/C18H36N4O.HI/c1-5-15(4)22-16(23)10-13-20-17(19-7-3)21-14-18(6-2)11-8-9-12-18;/h15H,5-14H2,1-4H3,(H,22,23)(H2,19,20,21);1H. The van der Waals surface area contributed by atoms with Crippen LogP contribution in [0, 0.1) is 5.41 Å². The third-order valence-electron chi connectivity index (χ3n) is 5.00. The molecule has 5 nitrogen and oxygen atoms in total. The van der Waals surface area contributed by atoms with Crippen molar-refractivity contribution in [3.63, 3.8) is 0 Å². The van der Waals surface area contributed by atoms with Crippen molar-refractivity contribution in [2.24, 2.45) is 10.4 Å². The average molecular weight is 452 g/mol. The lowest BCUT2D eigenvalue weighted by Gasteiger charge is -2.25. The molecule has 1 aliphatic carbocycles. The Morgan fingerprint density at radius 1 is 1.17 bits per heavy atom. The van der Waals surface area contributed by atoms with Crippen LogP contribution in [0.1, 0.15) is 72.6 Å². The van der Waals surface area contributed by atoms with Crippen LogP contribution in [0.15, 0.2) is 4.99 Å². The highest BCUT2D eigenvalue weighted by Crippen LogP contribution is 2.41. The SMILES string of the molecule is CCNC(=NCC1(CC)CCCC1)NCCC(=O)NC(C)CC.I. The van der Waals surface area contributed by atoms with Crippen LogP contribution in [0.3, 0.4) is 0 Å². The van der Waals surface area contributed by atoms with Gasteiger partial charge in [0.1, 0.15) is 0 Å². The Morgan fingerprint density at radius 2 is 1.83 bits per heavy atom. The summed E-state index contributed by atoms with van der Waals surface area (Å²) in [6.45, 7) is 10.8. The molecule has 6 heteroatoms. The van der Waals surface area contributed by atoms with Gasteiger partial charge in [-0.1, -0.05) is 26.7 Å². The van der Waals surface area contributed by atoms with Gasteiger partial charge >= 0.3 is 0 Å². The molecule has 142 valence electrons. The number of nitrogens with zero attached hydrogens (tertiary/aromatic N) is 1. The van der Waals surface area contributed by atoms with E-state index >= 15 is 0 Å². The molecular formula is C18H37IN4O. The van der Waals surface area contributed by atoms with Crippen LogP contribution in [0.25, 0.3) is 0 Å². The number of carbonyl (C=O) groups is 1. The summed E-state index contributed by atoms with van der Waals surface area (Å²) in [7, 11) is 0. The summed E-state index contributed by atoms with van der Waals surface area (Å²) in [5.41, 5.74) is 0.399. The molecular weight excluding hydrogens is 415 g/mol. The fourth-order valence-corrected chi connectivity index (χ4v) is 3.08. The predicted molar refractivity (Wildman–Crippen MR) is 113 cm³/mol. The van der Waals surface area contributed by atoms with Gasteiger partial charge in [0.05, 0.1) is 0 Å². The fourth-order valence-electron chi connectivity index (χ4n) is 3.08. The van der Waals surface area contributed by atoms with Crippen LogP contribution in [0.4, 0.5) is 0 Å². The number of amides is 1. The molecule has 0 heterocycles. The van der Waals surface area contributed by atoms with Gasteiger partial charge in [-0.15, -0.1) is 24.0 Å². The number of halogens is 1. The highest BCUT2D eigenvalue weighted by atomic mass is 127. The second-order valence-electron chi connectivity index (χ2n) is 6.81. The van der Waals surface area contributed by atoms with Crippen molar-refractivity contribution < 1.29 is 4.79 Å². The molecule has 24 heavy (non-hydrogen) atoms. The third-order valence-corrected chi connectivity index (χ3v) is 5.00. The molecule has 1 amide bonds.